The summed E-state index contributed by atoms with van der Waals surface area (Å²) >= 11 is 6.23. The number of aromatic amines is 1. The van der Waals surface area contributed by atoms with Gasteiger partial charge < -0.3 is 15.0 Å². The van der Waals surface area contributed by atoms with E-state index in [9.17, 15) is 0 Å². The molecule has 86 valence electrons. The summed E-state index contributed by atoms with van der Waals surface area (Å²) in [6.45, 7) is 2.10. The van der Waals surface area contributed by atoms with Gasteiger partial charge in [-0.15, -0.1) is 0 Å². The van der Waals surface area contributed by atoms with Crippen molar-refractivity contribution >= 4 is 22.5 Å². The van der Waals surface area contributed by atoms with Crippen molar-refractivity contribution in [2.45, 2.75) is 13.0 Å². The van der Waals surface area contributed by atoms with E-state index in [2.05, 4.69) is 17.2 Å². The van der Waals surface area contributed by atoms with Crippen LogP contribution < -0.4 is 10.1 Å². The van der Waals surface area contributed by atoms with E-state index in [1.165, 1.54) is 0 Å². The smallest absolute Gasteiger partial charge is 0.143 e. The van der Waals surface area contributed by atoms with Crippen LogP contribution in [0.3, 0.4) is 0 Å². The maximum atomic E-state index is 6.23. The van der Waals surface area contributed by atoms with Crippen LogP contribution >= 0.6 is 11.6 Å². The Labute approximate surface area is 99.7 Å². The third-order valence-electron chi connectivity index (χ3n) is 2.90. The summed E-state index contributed by atoms with van der Waals surface area (Å²) in [5.41, 5.74) is 2.11. The molecule has 0 bridgehead atoms. The molecule has 0 fully saturated rings. The average molecular weight is 239 g/mol. The summed E-state index contributed by atoms with van der Waals surface area (Å²) in [5, 5.41) is 4.98. The van der Waals surface area contributed by atoms with Gasteiger partial charge in [0.25, 0.3) is 0 Å². The van der Waals surface area contributed by atoms with Crippen LogP contribution in [0.5, 0.6) is 5.75 Å². The highest BCUT2D eigenvalue weighted by atomic mass is 35.5. The molecule has 2 N–H and O–H groups in total. The van der Waals surface area contributed by atoms with E-state index in [4.69, 9.17) is 16.3 Å². The number of hydrogen-bond acceptors (Lipinski definition) is 2. The Hall–Kier alpha value is -1.19. The van der Waals surface area contributed by atoms with Crippen LogP contribution in [0.4, 0.5) is 0 Å². The van der Waals surface area contributed by atoms with Crippen LogP contribution in [0.15, 0.2) is 18.3 Å². The van der Waals surface area contributed by atoms with Gasteiger partial charge in [0, 0.05) is 17.6 Å². The Bertz CT molecular complexity index is 507. The second kappa shape index (κ2) is 4.36. The lowest BCUT2D eigenvalue weighted by molar-refractivity contribution is 0.419. The van der Waals surface area contributed by atoms with Gasteiger partial charge in [-0.2, -0.15) is 0 Å². The van der Waals surface area contributed by atoms with Crippen molar-refractivity contribution < 1.29 is 4.74 Å². The van der Waals surface area contributed by atoms with Gasteiger partial charge in [-0.1, -0.05) is 11.6 Å². The number of methoxy groups -OCH3 is 1. The molecule has 1 atom stereocenters. The zero-order valence-electron chi connectivity index (χ0n) is 9.60. The standard InChI is InChI=1S/C12H15ClN2O/c1-7(14-2)8-6-15-12-10(16-3)5-4-9(13)11(8)12/h4-7,14-15H,1-3H3. The van der Waals surface area contributed by atoms with Crippen LogP contribution in [0.1, 0.15) is 18.5 Å². The largest absolute Gasteiger partial charge is 0.495 e. The molecule has 0 saturated carbocycles. The Balaban J connectivity index is 2.70. The lowest BCUT2D eigenvalue weighted by Gasteiger charge is -2.10. The summed E-state index contributed by atoms with van der Waals surface area (Å²) in [6, 6.07) is 3.98. The third kappa shape index (κ3) is 1.66. The molecule has 4 heteroatoms. The minimum atomic E-state index is 0.248. The first-order chi connectivity index (χ1) is 7.69. The number of hydrogen-bond donors (Lipinski definition) is 2. The molecule has 1 aromatic carbocycles. The molecule has 0 spiro atoms. The summed E-state index contributed by atoms with van der Waals surface area (Å²) in [4.78, 5) is 3.21. The van der Waals surface area contributed by atoms with Crippen molar-refractivity contribution in [3.05, 3.63) is 28.9 Å². The van der Waals surface area contributed by atoms with Gasteiger partial charge in [-0.05, 0) is 31.7 Å². The monoisotopic (exact) mass is 238 g/mol. The van der Waals surface area contributed by atoms with Crippen LogP contribution in [0, 0.1) is 0 Å². The molecule has 0 aliphatic rings. The predicted octanol–water partition coefficient (Wildman–Crippen LogP) is 3.11. The van der Waals surface area contributed by atoms with Crippen molar-refractivity contribution in [1.82, 2.24) is 10.3 Å². The molecule has 0 aliphatic heterocycles. The maximum absolute atomic E-state index is 6.23. The molecule has 3 nitrogen and oxygen atoms in total. The molecule has 1 aromatic heterocycles. The quantitative estimate of drug-likeness (QED) is 0.862. The van der Waals surface area contributed by atoms with Crippen LogP contribution in [0.2, 0.25) is 5.02 Å². The summed E-state index contributed by atoms with van der Waals surface area (Å²) in [7, 11) is 3.59. The first-order valence-corrected chi connectivity index (χ1v) is 5.57. The Kier molecular flexibility index (Phi) is 3.08. The van der Waals surface area contributed by atoms with Crippen molar-refractivity contribution in [1.29, 1.82) is 0 Å². The van der Waals surface area contributed by atoms with Gasteiger partial charge in [-0.3, -0.25) is 0 Å². The number of nitrogens with one attached hydrogen (secondary N) is 2. The topological polar surface area (TPSA) is 37.0 Å². The van der Waals surface area contributed by atoms with E-state index in [0.29, 0.717) is 0 Å². The molecule has 2 aromatic rings. The van der Waals surface area contributed by atoms with Crippen molar-refractivity contribution in [3.63, 3.8) is 0 Å². The molecule has 0 radical (unpaired) electrons. The van der Waals surface area contributed by atoms with Gasteiger partial charge in [0.1, 0.15) is 5.75 Å². The fraction of sp³-hybridized carbons (Fsp3) is 0.333. The molecular formula is C12H15ClN2O. The molecule has 0 amide bonds. The lowest BCUT2D eigenvalue weighted by atomic mass is 10.1. The number of rotatable bonds is 3. The second-order valence-electron chi connectivity index (χ2n) is 3.75. The van der Waals surface area contributed by atoms with Gasteiger partial charge in [0.2, 0.25) is 0 Å². The number of halogens is 1. The van der Waals surface area contributed by atoms with Gasteiger partial charge in [0.05, 0.1) is 17.6 Å². The first kappa shape index (κ1) is 11.3. The van der Waals surface area contributed by atoms with E-state index in [0.717, 1.165) is 27.2 Å². The minimum Gasteiger partial charge on any atom is -0.495 e. The number of aromatic nitrogens is 1. The fourth-order valence-electron chi connectivity index (χ4n) is 1.87. The number of benzene rings is 1. The van der Waals surface area contributed by atoms with Crippen LogP contribution in [0.25, 0.3) is 10.9 Å². The Morgan fingerprint density at radius 1 is 1.44 bits per heavy atom. The van der Waals surface area contributed by atoms with E-state index in [1.807, 2.05) is 25.4 Å². The molecule has 0 saturated heterocycles. The number of H-pyrrole nitrogens is 1. The second-order valence-corrected chi connectivity index (χ2v) is 4.16. The normalized spacial score (nSPS) is 13.0. The van der Waals surface area contributed by atoms with E-state index in [1.54, 1.807) is 7.11 Å². The van der Waals surface area contributed by atoms with Crippen LogP contribution in [-0.4, -0.2) is 19.1 Å². The average Bonchev–Trinajstić information content (AvgIpc) is 2.74. The lowest BCUT2D eigenvalue weighted by Crippen LogP contribution is -2.11. The van der Waals surface area contributed by atoms with E-state index >= 15 is 0 Å². The first-order valence-electron chi connectivity index (χ1n) is 5.19. The van der Waals surface area contributed by atoms with Gasteiger partial charge >= 0.3 is 0 Å². The Morgan fingerprint density at radius 3 is 2.81 bits per heavy atom. The highest BCUT2D eigenvalue weighted by Gasteiger charge is 2.15. The number of fused-ring (bicyclic) bond motifs is 1. The molecule has 2 rings (SSSR count). The van der Waals surface area contributed by atoms with E-state index < -0.39 is 0 Å². The van der Waals surface area contributed by atoms with Gasteiger partial charge in [-0.25, -0.2) is 0 Å². The molecule has 1 unspecified atom stereocenters. The fourth-order valence-corrected chi connectivity index (χ4v) is 2.14. The highest BCUT2D eigenvalue weighted by molar-refractivity contribution is 6.36. The Morgan fingerprint density at radius 2 is 2.19 bits per heavy atom. The number of ether oxygens (including phenoxy) is 1. The third-order valence-corrected chi connectivity index (χ3v) is 3.21. The molecule has 0 aliphatic carbocycles. The molecule has 1 heterocycles. The minimum absolute atomic E-state index is 0.248. The van der Waals surface area contributed by atoms with E-state index in [-0.39, 0.29) is 6.04 Å². The summed E-state index contributed by atoms with van der Waals surface area (Å²) in [6.07, 6.45) is 1.97. The molecular weight excluding hydrogens is 224 g/mol. The van der Waals surface area contributed by atoms with Crippen molar-refractivity contribution in [3.8, 4) is 5.75 Å². The summed E-state index contributed by atoms with van der Waals surface area (Å²) in [5.74, 6) is 0.814. The SMILES string of the molecule is CNC(C)c1c[nH]c2c(OC)ccc(Cl)c12. The zero-order chi connectivity index (χ0) is 11.7. The molecule has 16 heavy (non-hydrogen) atoms. The summed E-state index contributed by atoms with van der Waals surface area (Å²) < 4.78 is 5.30. The van der Waals surface area contributed by atoms with Gasteiger partial charge in [0.15, 0.2) is 0 Å². The highest BCUT2D eigenvalue weighted by Crippen LogP contribution is 2.35. The maximum Gasteiger partial charge on any atom is 0.143 e. The zero-order valence-corrected chi connectivity index (χ0v) is 10.4. The predicted molar refractivity (Wildman–Crippen MR) is 67.3 cm³/mol. The van der Waals surface area contributed by atoms with Crippen molar-refractivity contribution in [2.75, 3.05) is 14.2 Å². The van der Waals surface area contributed by atoms with Crippen LogP contribution in [-0.2, 0) is 0 Å². The van der Waals surface area contributed by atoms with Crippen molar-refractivity contribution in [2.24, 2.45) is 0 Å².